The van der Waals surface area contributed by atoms with Crippen molar-refractivity contribution in [1.82, 2.24) is 30.1 Å². The average molecular weight is 596 g/mol. The highest BCUT2D eigenvalue weighted by atomic mass is 16.5. The molecule has 11 nitrogen and oxygen atoms in total. The minimum absolute atomic E-state index is 0.102. The highest BCUT2D eigenvalue weighted by Gasteiger charge is 2.37. The maximum Gasteiger partial charge on any atom is 0.259 e. The van der Waals surface area contributed by atoms with Crippen LogP contribution in [-0.4, -0.2) is 102 Å². The van der Waals surface area contributed by atoms with E-state index in [9.17, 15) is 9.59 Å². The first-order chi connectivity index (χ1) is 20.6. The highest BCUT2D eigenvalue weighted by molar-refractivity contribution is 5.98. The second kappa shape index (κ2) is 15.0. The fourth-order valence-corrected chi connectivity index (χ4v) is 5.62. The van der Waals surface area contributed by atoms with E-state index in [-0.39, 0.29) is 41.2 Å². The summed E-state index contributed by atoms with van der Waals surface area (Å²) in [7, 11) is 1.68. The van der Waals surface area contributed by atoms with Gasteiger partial charge in [-0.1, -0.05) is 40.7 Å². The molecule has 2 aliphatic rings. The molecule has 4 heterocycles. The van der Waals surface area contributed by atoms with Crippen molar-refractivity contribution in [3.05, 3.63) is 47.7 Å². The number of carbonyl (C=O) groups is 2. The summed E-state index contributed by atoms with van der Waals surface area (Å²) in [6.45, 7) is 14.9. The molecule has 0 bridgehead atoms. The maximum absolute atomic E-state index is 14.3. The molecule has 43 heavy (non-hydrogen) atoms. The van der Waals surface area contributed by atoms with Crippen LogP contribution in [0.15, 0.2) is 30.7 Å². The van der Waals surface area contributed by atoms with Gasteiger partial charge in [0, 0.05) is 82.1 Å². The standard InChI is InChI=1S/C32H49N7O4/c1-22(2)20-39(30(41)26-19-36-31(32(3,4)5)37-28(26)35-11-8-13-42-6)25-15-24(17-34-18-25)29(40)38-12-14-43-27(21-38)23-9-7-10-33-16-23/h7,9-10,16,19,22,24-25,27,34H,8,11-15,17-18,20-21H2,1-6H3,(H,35,36,37)/t24-,25+,27?/m1/s1. The van der Waals surface area contributed by atoms with Crippen LogP contribution in [0.1, 0.15) is 75.3 Å². The Hall–Kier alpha value is -3.15. The molecular formula is C32H49N7O4. The lowest BCUT2D eigenvalue weighted by molar-refractivity contribution is -0.144. The normalized spacial score (nSPS) is 21.1. The van der Waals surface area contributed by atoms with Crippen molar-refractivity contribution >= 4 is 17.6 Å². The number of rotatable bonds is 11. The number of hydrogen-bond donors (Lipinski definition) is 2. The molecule has 3 atom stereocenters. The van der Waals surface area contributed by atoms with Gasteiger partial charge >= 0.3 is 0 Å². The van der Waals surface area contributed by atoms with Crippen LogP contribution >= 0.6 is 0 Å². The van der Waals surface area contributed by atoms with Crippen LogP contribution < -0.4 is 10.6 Å². The minimum Gasteiger partial charge on any atom is -0.385 e. The Kier molecular flexibility index (Phi) is 11.5. The Morgan fingerprint density at radius 1 is 1.26 bits per heavy atom. The number of ether oxygens (including phenoxy) is 2. The summed E-state index contributed by atoms with van der Waals surface area (Å²) in [5, 5.41) is 6.83. The SMILES string of the molecule is COCCCNc1nc(C(C)(C)C)ncc1C(=O)N(CC(C)C)[C@@H]1CNC[C@H](C(=O)N2CCOC(c3cccnc3)C2)C1. The first-order valence-electron chi connectivity index (χ1n) is 15.5. The number of methoxy groups -OCH3 is 1. The van der Waals surface area contributed by atoms with Gasteiger partial charge < -0.3 is 29.9 Å². The summed E-state index contributed by atoms with van der Waals surface area (Å²) in [6.07, 6.45) is 6.38. The van der Waals surface area contributed by atoms with Crippen LogP contribution in [0.2, 0.25) is 0 Å². The first kappa shape index (κ1) is 32.8. The predicted octanol–water partition coefficient (Wildman–Crippen LogP) is 3.29. The Balaban J connectivity index is 1.52. The molecule has 2 aromatic rings. The van der Waals surface area contributed by atoms with E-state index < -0.39 is 0 Å². The number of carbonyl (C=O) groups excluding carboxylic acids is 2. The topological polar surface area (TPSA) is 122 Å². The summed E-state index contributed by atoms with van der Waals surface area (Å²) in [5.74, 6) is 1.21. The van der Waals surface area contributed by atoms with Crippen molar-refractivity contribution in [2.75, 3.05) is 64.9 Å². The Morgan fingerprint density at radius 3 is 2.77 bits per heavy atom. The minimum atomic E-state index is -0.265. The van der Waals surface area contributed by atoms with E-state index >= 15 is 0 Å². The molecule has 0 saturated carbocycles. The van der Waals surface area contributed by atoms with Crippen LogP contribution in [0.25, 0.3) is 0 Å². The molecule has 1 unspecified atom stereocenters. The van der Waals surface area contributed by atoms with Crippen LogP contribution in [0.3, 0.4) is 0 Å². The van der Waals surface area contributed by atoms with Gasteiger partial charge in [-0.2, -0.15) is 0 Å². The first-order valence-corrected chi connectivity index (χ1v) is 15.5. The van der Waals surface area contributed by atoms with Crippen molar-refractivity contribution in [3.63, 3.8) is 0 Å². The molecule has 2 amide bonds. The molecule has 0 spiro atoms. The summed E-state index contributed by atoms with van der Waals surface area (Å²) >= 11 is 0. The van der Waals surface area contributed by atoms with Crippen molar-refractivity contribution in [1.29, 1.82) is 0 Å². The molecule has 4 rings (SSSR count). The van der Waals surface area contributed by atoms with Gasteiger partial charge in [-0.25, -0.2) is 9.97 Å². The number of hydrogen-bond acceptors (Lipinski definition) is 9. The van der Waals surface area contributed by atoms with Crippen LogP contribution in [0.5, 0.6) is 0 Å². The van der Waals surface area contributed by atoms with E-state index in [1.54, 1.807) is 25.7 Å². The molecule has 2 N–H and O–H groups in total. The molecule has 2 saturated heterocycles. The third-order valence-corrected chi connectivity index (χ3v) is 7.88. The van der Waals surface area contributed by atoms with E-state index in [1.165, 1.54) is 0 Å². The zero-order chi connectivity index (χ0) is 31.0. The van der Waals surface area contributed by atoms with Gasteiger partial charge in [0.1, 0.15) is 23.3 Å². The van der Waals surface area contributed by atoms with Gasteiger partial charge in [0.05, 0.1) is 19.1 Å². The fraction of sp³-hybridized carbons (Fsp3) is 0.656. The second-order valence-electron chi connectivity index (χ2n) is 13.0. The van der Waals surface area contributed by atoms with E-state index in [1.807, 2.05) is 21.9 Å². The molecular weight excluding hydrogens is 546 g/mol. The number of nitrogens with one attached hydrogen (secondary N) is 2. The van der Waals surface area contributed by atoms with Gasteiger partial charge in [-0.05, 0) is 24.8 Å². The Labute approximate surface area is 256 Å². The summed E-state index contributed by atoms with van der Waals surface area (Å²) < 4.78 is 11.2. The maximum atomic E-state index is 14.3. The van der Waals surface area contributed by atoms with Crippen molar-refractivity contribution in [2.24, 2.45) is 11.8 Å². The van der Waals surface area contributed by atoms with Crippen LogP contribution in [-0.2, 0) is 19.7 Å². The van der Waals surface area contributed by atoms with Crippen LogP contribution in [0, 0.1) is 11.8 Å². The second-order valence-corrected chi connectivity index (χ2v) is 13.0. The molecule has 0 radical (unpaired) electrons. The fourth-order valence-electron chi connectivity index (χ4n) is 5.62. The molecule has 11 heteroatoms. The number of pyridine rings is 1. The van der Waals surface area contributed by atoms with E-state index in [0.717, 1.165) is 12.0 Å². The van der Waals surface area contributed by atoms with Gasteiger partial charge in [-0.3, -0.25) is 14.6 Å². The van der Waals surface area contributed by atoms with Crippen molar-refractivity contribution in [2.45, 2.75) is 65.0 Å². The quantitative estimate of drug-likeness (QED) is 0.377. The smallest absolute Gasteiger partial charge is 0.259 e. The summed E-state index contributed by atoms with van der Waals surface area (Å²) in [6, 6.07) is 3.73. The lowest BCUT2D eigenvalue weighted by Crippen LogP contribution is -2.56. The number of morpholine rings is 1. The van der Waals surface area contributed by atoms with Gasteiger partial charge in [0.2, 0.25) is 5.91 Å². The van der Waals surface area contributed by atoms with Gasteiger partial charge in [-0.15, -0.1) is 0 Å². The zero-order valence-corrected chi connectivity index (χ0v) is 26.6. The monoisotopic (exact) mass is 595 g/mol. The zero-order valence-electron chi connectivity index (χ0n) is 26.6. The summed E-state index contributed by atoms with van der Waals surface area (Å²) in [5.41, 5.74) is 1.16. The van der Waals surface area contributed by atoms with E-state index in [4.69, 9.17) is 14.5 Å². The Morgan fingerprint density at radius 2 is 2.07 bits per heavy atom. The average Bonchev–Trinajstić information content (AvgIpc) is 3.01. The highest BCUT2D eigenvalue weighted by Crippen LogP contribution is 2.28. The molecule has 0 aromatic carbocycles. The number of nitrogens with zero attached hydrogens (tertiary/aromatic N) is 5. The predicted molar refractivity (Wildman–Crippen MR) is 166 cm³/mol. The number of piperidine rings is 1. The van der Waals surface area contributed by atoms with Crippen molar-refractivity contribution < 1.29 is 19.1 Å². The van der Waals surface area contributed by atoms with Gasteiger partial charge in [0.25, 0.3) is 5.91 Å². The molecule has 0 aliphatic carbocycles. The molecule has 2 aliphatic heterocycles. The van der Waals surface area contributed by atoms with Crippen LogP contribution in [0.4, 0.5) is 5.82 Å². The number of aromatic nitrogens is 3. The van der Waals surface area contributed by atoms with Crippen molar-refractivity contribution in [3.8, 4) is 0 Å². The molecule has 2 fully saturated rings. The molecule has 236 valence electrons. The summed E-state index contributed by atoms with van der Waals surface area (Å²) in [4.78, 5) is 45.5. The lowest BCUT2D eigenvalue weighted by Gasteiger charge is -2.41. The third kappa shape index (κ3) is 8.70. The van der Waals surface area contributed by atoms with E-state index in [0.29, 0.717) is 76.1 Å². The van der Waals surface area contributed by atoms with Gasteiger partial charge in [0.15, 0.2) is 0 Å². The lowest BCUT2D eigenvalue weighted by atomic mass is 9.92. The van der Waals surface area contributed by atoms with E-state index in [2.05, 4.69) is 55.2 Å². The Bertz CT molecular complexity index is 1200. The molecule has 2 aromatic heterocycles. The number of anilines is 1. The largest absolute Gasteiger partial charge is 0.385 e. The third-order valence-electron chi connectivity index (χ3n) is 7.88. The number of amides is 2.